The van der Waals surface area contributed by atoms with Crippen LogP contribution in [0, 0.1) is 6.92 Å². The number of carbonyl (C=O) groups excluding carboxylic acids is 1. The largest absolute Gasteiger partial charge is 0.364 e. The normalized spacial score (nSPS) is 11.3. The van der Waals surface area contributed by atoms with Crippen LogP contribution in [0.1, 0.15) is 21.7 Å². The second kappa shape index (κ2) is 8.25. The number of hydrogen-bond acceptors (Lipinski definition) is 3. The minimum atomic E-state index is -0.525. The summed E-state index contributed by atoms with van der Waals surface area (Å²) in [6, 6.07) is 27.2. The van der Waals surface area contributed by atoms with E-state index in [4.69, 9.17) is 5.73 Å². The fourth-order valence-corrected chi connectivity index (χ4v) is 4.58. The molecule has 0 aliphatic carbocycles. The van der Waals surface area contributed by atoms with Crippen molar-refractivity contribution in [1.82, 2.24) is 19.3 Å². The van der Waals surface area contributed by atoms with E-state index in [1.807, 2.05) is 31.5 Å². The van der Waals surface area contributed by atoms with Gasteiger partial charge >= 0.3 is 0 Å². The SMILES string of the molecule is Cc1cc(C(N)=O)nn1-c1ccc2c(ccn2Cc2ccc(-c3ccc4cnccc4c3)cc2)c1. The summed E-state index contributed by atoms with van der Waals surface area (Å²) in [5.74, 6) is -0.525. The Bertz CT molecular complexity index is 1710. The van der Waals surface area contributed by atoms with Crippen LogP contribution in [-0.4, -0.2) is 25.2 Å². The molecule has 3 aromatic heterocycles. The molecular weight excluding hydrogens is 434 g/mol. The minimum absolute atomic E-state index is 0.268. The highest BCUT2D eigenvalue weighted by Gasteiger charge is 2.12. The number of fused-ring (bicyclic) bond motifs is 2. The highest BCUT2D eigenvalue weighted by atomic mass is 16.1. The van der Waals surface area contributed by atoms with Crippen LogP contribution >= 0.6 is 0 Å². The van der Waals surface area contributed by atoms with Crippen molar-refractivity contribution in [2.75, 3.05) is 0 Å². The van der Waals surface area contributed by atoms with Crippen molar-refractivity contribution >= 4 is 27.6 Å². The number of nitrogens with zero attached hydrogens (tertiary/aromatic N) is 4. The first-order chi connectivity index (χ1) is 17.0. The quantitative estimate of drug-likeness (QED) is 0.371. The summed E-state index contributed by atoms with van der Waals surface area (Å²) < 4.78 is 3.99. The van der Waals surface area contributed by atoms with Crippen molar-refractivity contribution in [2.45, 2.75) is 13.5 Å². The van der Waals surface area contributed by atoms with Gasteiger partial charge in [-0.15, -0.1) is 0 Å². The van der Waals surface area contributed by atoms with Crippen molar-refractivity contribution in [3.63, 3.8) is 0 Å². The molecule has 0 aliphatic heterocycles. The molecule has 170 valence electrons. The number of carbonyl (C=O) groups is 1. The second-order valence-electron chi connectivity index (χ2n) is 8.77. The maximum Gasteiger partial charge on any atom is 0.269 e. The second-order valence-corrected chi connectivity index (χ2v) is 8.77. The third-order valence-corrected chi connectivity index (χ3v) is 6.42. The molecule has 3 heterocycles. The molecule has 0 fully saturated rings. The summed E-state index contributed by atoms with van der Waals surface area (Å²) in [4.78, 5) is 15.7. The molecule has 6 rings (SSSR count). The van der Waals surface area contributed by atoms with Crippen LogP contribution in [-0.2, 0) is 6.54 Å². The average Bonchev–Trinajstić information content (AvgIpc) is 3.47. The van der Waals surface area contributed by atoms with E-state index in [0.717, 1.165) is 34.2 Å². The Morgan fingerprint density at radius 2 is 1.69 bits per heavy atom. The Morgan fingerprint density at radius 3 is 2.49 bits per heavy atom. The van der Waals surface area contributed by atoms with Crippen LogP contribution in [0.4, 0.5) is 0 Å². The predicted molar refractivity (Wildman–Crippen MR) is 139 cm³/mol. The minimum Gasteiger partial charge on any atom is -0.364 e. The Kier molecular flexibility index (Phi) is 4.92. The van der Waals surface area contributed by atoms with Crippen LogP contribution in [0.3, 0.4) is 0 Å². The molecule has 0 aliphatic rings. The van der Waals surface area contributed by atoms with Crippen molar-refractivity contribution in [1.29, 1.82) is 0 Å². The number of hydrogen-bond donors (Lipinski definition) is 1. The Hall–Kier alpha value is -4.71. The fraction of sp³-hybridized carbons (Fsp3) is 0.0690. The molecular formula is C29H23N5O. The summed E-state index contributed by atoms with van der Waals surface area (Å²) in [5.41, 5.74) is 12.2. The van der Waals surface area contributed by atoms with Gasteiger partial charge in [-0.25, -0.2) is 4.68 Å². The number of pyridine rings is 1. The van der Waals surface area contributed by atoms with Gasteiger partial charge in [0.1, 0.15) is 0 Å². The third kappa shape index (κ3) is 3.85. The molecule has 1 amide bonds. The topological polar surface area (TPSA) is 78.7 Å². The van der Waals surface area contributed by atoms with E-state index in [0.29, 0.717) is 0 Å². The van der Waals surface area contributed by atoms with Gasteiger partial charge in [0.15, 0.2) is 5.69 Å². The van der Waals surface area contributed by atoms with E-state index >= 15 is 0 Å². The van der Waals surface area contributed by atoms with Gasteiger partial charge in [-0.05, 0) is 71.5 Å². The standard InChI is InChI=1S/C29H23N5O/c1-19-14-27(29(30)35)32-34(19)26-8-9-28-24(16-26)11-13-33(28)18-20-2-4-21(5-3-20)22-6-7-25-17-31-12-10-23(25)15-22/h2-17H,18H2,1H3,(H2,30,35). The number of nitrogens with two attached hydrogens (primary N) is 1. The van der Waals surface area contributed by atoms with Gasteiger partial charge in [0.05, 0.1) is 5.69 Å². The molecule has 35 heavy (non-hydrogen) atoms. The van der Waals surface area contributed by atoms with Crippen molar-refractivity contribution < 1.29 is 4.79 Å². The number of rotatable bonds is 5. The molecule has 0 saturated heterocycles. The number of aromatic nitrogens is 4. The third-order valence-electron chi connectivity index (χ3n) is 6.42. The zero-order chi connectivity index (χ0) is 23.9. The first-order valence-electron chi connectivity index (χ1n) is 11.4. The lowest BCUT2D eigenvalue weighted by atomic mass is 10.0. The van der Waals surface area contributed by atoms with Gasteiger partial charge < -0.3 is 10.3 Å². The summed E-state index contributed by atoms with van der Waals surface area (Å²) in [6.45, 7) is 2.69. The molecule has 0 bridgehead atoms. The number of benzene rings is 3. The van der Waals surface area contributed by atoms with Gasteiger partial charge in [0.25, 0.3) is 5.91 Å². The molecule has 3 aromatic carbocycles. The lowest BCUT2D eigenvalue weighted by Crippen LogP contribution is -2.12. The summed E-state index contributed by atoms with van der Waals surface area (Å²) >= 11 is 0. The van der Waals surface area contributed by atoms with Gasteiger partial charge in [-0.1, -0.05) is 36.4 Å². The Morgan fingerprint density at radius 1 is 0.857 bits per heavy atom. The molecule has 0 unspecified atom stereocenters. The first-order valence-corrected chi connectivity index (χ1v) is 11.4. The molecule has 0 saturated carbocycles. The van der Waals surface area contributed by atoms with Crippen molar-refractivity contribution in [3.8, 4) is 16.8 Å². The lowest BCUT2D eigenvalue weighted by Gasteiger charge is -2.09. The maximum atomic E-state index is 11.5. The van der Waals surface area contributed by atoms with Crippen LogP contribution < -0.4 is 5.73 Å². The Labute approximate surface area is 202 Å². The zero-order valence-electron chi connectivity index (χ0n) is 19.2. The van der Waals surface area contributed by atoms with E-state index in [9.17, 15) is 4.79 Å². The average molecular weight is 458 g/mol. The van der Waals surface area contributed by atoms with Gasteiger partial charge in [0.2, 0.25) is 0 Å². The van der Waals surface area contributed by atoms with Crippen LogP contribution in [0.5, 0.6) is 0 Å². The molecule has 6 nitrogen and oxygen atoms in total. The molecule has 0 radical (unpaired) electrons. The van der Waals surface area contributed by atoms with Gasteiger partial charge in [-0.2, -0.15) is 5.10 Å². The highest BCUT2D eigenvalue weighted by molar-refractivity contribution is 5.91. The van der Waals surface area contributed by atoms with Crippen molar-refractivity contribution in [3.05, 3.63) is 114 Å². The van der Waals surface area contributed by atoms with E-state index in [2.05, 4.69) is 81.5 Å². The monoisotopic (exact) mass is 457 g/mol. The molecule has 6 heteroatoms. The van der Waals surface area contributed by atoms with Crippen LogP contribution in [0.25, 0.3) is 38.5 Å². The summed E-state index contributed by atoms with van der Waals surface area (Å²) in [5, 5.41) is 7.79. The fourth-order valence-electron chi connectivity index (χ4n) is 4.58. The van der Waals surface area contributed by atoms with E-state index < -0.39 is 5.91 Å². The molecule has 0 spiro atoms. The molecule has 0 atom stereocenters. The van der Waals surface area contributed by atoms with Crippen LogP contribution in [0.15, 0.2) is 97.5 Å². The van der Waals surface area contributed by atoms with E-state index in [1.54, 1.807) is 10.7 Å². The van der Waals surface area contributed by atoms with Crippen LogP contribution in [0.2, 0.25) is 0 Å². The lowest BCUT2D eigenvalue weighted by molar-refractivity contribution is 0.0995. The van der Waals surface area contributed by atoms with E-state index in [-0.39, 0.29) is 5.69 Å². The first kappa shape index (κ1) is 20.9. The van der Waals surface area contributed by atoms with Gasteiger partial charge in [0, 0.05) is 47.1 Å². The zero-order valence-corrected chi connectivity index (χ0v) is 19.2. The number of aryl methyl sites for hydroxylation is 1. The van der Waals surface area contributed by atoms with E-state index in [1.165, 1.54) is 22.1 Å². The predicted octanol–water partition coefficient (Wildman–Crippen LogP) is 5.50. The number of amides is 1. The Balaban J connectivity index is 1.25. The van der Waals surface area contributed by atoms with Crippen molar-refractivity contribution in [2.24, 2.45) is 5.73 Å². The smallest absolute Gasteiger partial charge is 0.269 e. The number of primary amides is 1. The molecule has 2 N–H and O–H groups in total. The maximum absolute atomic E-state index is 11.5. The highest BCUT2D eigenvalue weighted by Crippen LogP contribution is 2.26. The summed E-state index contributed by atoms with van der Waals surface area (Å²) in [7, 11) is 0. The summed E-state index contributed by atoms with van der Waals surface area (Å²) in [6.07, 6.45) is 5.82. The van der Waals surface area contributed by atoms with Gasteiger partial charge in [-0.3, -0.25) is 9.78 Å². The molecule has 6 aromatic rings.